The van der Waals surface area contributed by atoms with Crippen LogP contribution in [-0.4, -0.2) is 5.78 Å². The Morgan fingerprint density at radius 1 is 0.810 bits per heavy atom. The van der Waals surface area contributed by atoms with Crippen molar-refractivity contribution in [2.24, 2.45) is 0 Å². The minimum absolute atomic E-state index is 0.132. The van der Waals surface area contributed by atoms with Crippen molar-refractivity contribution in [2.75, 3.05) is 0 Å². The maximum atomic E-state index is 13.0. The summed E-state index contributed by atoms with van der Waals surface area (Å²) in [5.41, 5.74) is 8.98. The van der Waals surface area contributed by atoms with E-state index in [0.29, 0.717) is 0 Å². The lowest BCUT2D eigenvalue weighted by Crippen LogP contribution is -2.32. The number of hydrogen-bond donors (Lipinski definition) is 0. The van der Waals surface area contributed by atoms with Crippen molar-refractivity contribution in [2.45, 2.75) is 47.0 Å². The standard InChI is InChI=1S/C20H22O/c1-11-12(2)14(4)18-17(13(11)3)19(21)15-9-7-8-10-16(15)20(18,5)6/h7-10H,1-6H3. The van der Waals surface area contributed by atoms with Crippen LogP contribution in [0.15, 0.2) is 24.3 Å². The van der Waals surface area contributed by atoms with Crippen LogP contribution in [0.1, 0.15) is 63.1 Å². The second kappa shape index (κ2) is 4.30. The number of fused-ring (bicyclic) bond motifs is 2. The van der Waals surface area contributed by atoms with Crippen molar-refractivity contribution in [3.05, 3.63) is 68.8 Å². The average molecular weight is 278 g/mol. The van der Waals surface area contributed by atoms with Crippen LogP contribution in [0.5, 0.6) is 0 Å². The molecule has 3 rings (SSSR count). The molecule has 0 heterocycles. The van der Waals surface area contributed by atoms with Crippen LogP contribution in [0, 0.1) is 27.7 Å². The van der Waals surface area contributed by atoms with Crippen molar-refractivity contribution in [1.29, 1.82) is 0 Å². The Morgan fingerprint density at radius 2 is 1.38 bits per heavy atom. The van der Waals surface area contributed by atoms with E-state index in [9.17, 15) is 4.79 Å². The molecule has 0 unspecified atom stereocenters. The Bertz CT molecular complexity index is 779. The molecule has 0 spiro atoms. The summed E-state index contributed by atoms with van der Waals surface area (Å²) >= 11 is 0. The highest BCUT2D eigenvalue weighted by Gasteiger charge is 2.39. The zero-order valence-electron chi connectivity index (χ0n) is 13.7. The minimum atomic E-state index is -0.132. The molecular weight excluding hydrogens is 256 g/mol. The first-order valence-corrected chi connectivity index (χ1v) is 7.53. The molecule has 2 aromatic carbocycles. The van der Waals surface area contributed by atoms with Gasteiger partial charge in [0, 0.05) is 16.5 Å². The predicted octanol–water partition coefficient (Wildman–Crippen LogP) is 4.79. The third kappa shape index (κ3) is 1.67. The highest BCUT2D eigenvalue weighted by molar-refractivity contribution is 6.14. The number of ketones is 1. The molecule has 0 aliphatic heterocycles. The maximum Gasteiger partial charge on any atom is 0.193 e. The van der Waals surface area contributed by atoms with Gasteiger partial charge in [0.15, 0.2) is 5.78 Å². The van der Waals surface area contributed by atoms with E-state index >= 15 is 0 Å². The highest BCUT2D eigenvalue weighted by Crippen LogP contribution is 2.45. The SMILES string of the molecule is Cc1c(C)c(C)c2c(c1C)C(=O)c1ccccc1C2(C)C. The number of rotatable bonds is 0. The Morgan fingerprint density at radius 3 is 2.05 bits per heavy atom. The molecule has 1 heteroatoms. The van der Waals surface area contributed by atoms with Crippen molar-refractivity contribution >= 4 is 5.78 Å². The fraction of sp³-hybridized carbons (Fsp3) is 0.350. The number of carbonyl (C=O) groups is 1. The summed E-state index contributed by atoms with van der Waals surface area (Å²) in [5.74, 6) is 0.184. The van der Waals surface area contributed by atoms with Gasteiger partial charge in [-0.3, -0.25) is 4.79 Å². The molecule has 0 N–H and O–H groups in total. The molecule has 2 aromatic rings. The first kappa shape index (κ1) is 14.1. The summed E-state index contributed by atoms with van der Waals surface area (Å²) in [4.78, 5) is 13.0. The fourth-order valence-corrected chi connectivity index (χ4v) is 3.87. The third-order valence-corrected chi connectivity index (χ3v) is 5.38. The van der Waals surface area contributed by atoms with Crippen LogP contribution in [0.3, 0.4) is 0 Å². The maximum absolute atomic E-state index is 13.0. The molecule has 1 aliphatic rings. The molecular formula is C20H22O. The molecule has 0 bridgehead atoms. The Labute approximate surface area is 127 Å². The molecule has 1 nitrogen and oxygen atoms in total. The Balaban J connectivity index is 2.50. The monoisotopic (exact) mass is 278 g/mol. The smallest absolute Gasteiger partial charge is 0.193 e. The fourth-order valence-electron chi connectivity index (χ4n) is 3.87. The Hall–Kier alpha value is -1.89. The molecule has 0 fully saturated rings. The van der Waals surface area contributed by atoms with Gasteiger partial charge in [-0.25, -0.2) is 0 Å². The molecule has 0 radical (unpaired) electrons. The average Bonchev–Trinajstić information content (AvgIpc) is 2.46. The first-order chi connectivity index (χ1) is 9.78. The normalized spacial score (nSPS) is 15.6. The van der Waals surface area contributed by atoms with Gasteiger partial charge in [0.2, 0.25) is 0 Å². The van der Waals surface area contributed by atoms with E-state index in [1.54, 1.807) is 0 Å². The minimum Gasteiger partial charge on any atom is -0.289 e. The third-order valence-electron chi connectivity index (χ3n) is 5.38. The van der Waals surface area contributed by atoms with E-state index in [1.807, 2.05) is 18.2 Å². The molecule has 0 amide bonds. The van der Waals surface area contributed by atoms with Crippen LogP contribution in [0.2, 0.25) is 0 Å². The van der Waals surface area contributed by atoms with Gasteiger partial charge in [0.1, 0.15) is 0 Å². The first-order valence-electron chi connectivity index (χ1n) is 7.53. The van der Waals surface area contributed by atoms with Crippen molar-refractivity contribution in [3.63, 3.8) is 0 Å². The van der Waals surface area contributed by atoms with Crippen molar-refractivity contribution in [1.82, 2.24) is 0 Å². The second-order valence-electron chi connectivity index (χ2n) is 6.75. The summed E-state index contributed by atoms with van der Waals surface area (Å²) in [6.45, 7) is 13.0. The van der Waals surface area contributed by atoms with E-state index in [0.717, 1.165) is 22.3 Å². The summed E-state index contributed by atoms with van der Waals surface area (Å²) < 4.78 is 0. The van der Waals surface area contributed by atoms with E-state index in [2.05, 4.69) is 47.6 Å². The molecule has 21 heavy (non-hydrogen) atoms. The van der Waals surface area contributed by atoms with Gasteiger partial charge in [0.05, 0.1) is 0 Å². The van der Waals surface area contributed by atoms with Crippen LogP contribution < -0.4 is 0 Å². The van der Waals surface area contributed by atoms with Gasteiger partial charge < -0.3 is 0 Å². The lowest BCUT2D eigenvalue weighted by atomic mass is 9.65. The predicted molar refractivity (Wildman–Crippen MR) is 87.4 cm³/mol. The van der Waals surface area contributed by atoms with Crippen LogP contribution in [-0.2, 0) is 5.41 Å². The topological polar surface area (TPSA) is 17.1 Å². The summed E-state index contributed by atoms with van der Waals surface area (Å²) in [6.07, 6.45) is 0. The van der Waals surface area contributed by atoms with Gasteiger partial charge in [-0.15, -0.1) is 0 Å². The Kier molecular flexibility index (Phi) is 2.88. The van der Waals surface area contributed by atoms with E-state index < -0.39 is 0 Å². The quantitative estimate of drug-likeness (QED) is 0.677. The van der Waals surface area contributed by atoms with Crippen LogP contribution >= 0.6 is 0 Å². The van der Waals surface area contributed by atoms with Crippen molar-refractivity contribution < 1.29 is 4.79 Å². The molecule has 1 aliphatic carbocycles. The number of hydrogen-bond acceptors (Lipinski definition) is 1. The largest absolute Gasteiger partial charge is 0.289 e. The molecule has 0 aromatic heterocycles. The lowest BCUT2D eigenvalue weighted by molar-refractivity contribution is 0.103. The zero-order valence-corrected chi connectivity index (χ0v) is 13.7. The number of benzene rings is 2. The summed E-state index contributed by atoms with van der Waals surface area (Å²) in [6, 6.07) is 8.05. The van der Waals surface area contributed by atoms with Crippen LogP contribution in [0.4, 0.5) is 0 Å². The zero-order chi connectivity index (χ0) is 15.5. The van der Waals surface area contributed by atoms with Gasteiger partial charge in [0.25, 0.3) is 0 Å². The molecule has 108 valence electrons. The van der Waals surface area contributed by atoms with Gasteiger partial charge >= 0.3 is 0 Å². The van der Waals surface area contributed by atoms with Gasteiger partial charge in [-0.05, 0) is 61.1 Å². The van der Waals surface area contributed by atoms with Gasteiger partial charge in [-0.1, -0.05) is 38.1 Å². The van der Waals surface area contributed by atoms with Crippen LogP contribution in [0.25, 0.3) is 0 Å². The summed E-state index contributed by atoms with van der Waals surface area (Å²) in [7, 11) is 0. The molecule has 0 atom stereocenters. The van der Waals surface area contributed by atoms with Gasteiger partial charge in [-0.2, -0.15) is 0 Å². The summed E-state index contributed by atoms with van der Waals surface area (Å²) in [5, 5.41) is 0. The second-order valence-corrected chi connectivity index (χ2v) is 6.75. The van der Waals surface area contributed by atoms with E-state index in [-0.39, 0.29) is 11.2 Å². The van der Waals surface area contributed by atoms with E-state index in [1.165, 1.54) is 22.3 Å². The molecule has 0 saturated carbocycles. The molecule has 0 saturated heterocycles. The highest BCUT2D eigenvalue weighted by atomic mass is 16.1. The van der Waals surface area contributed by atoms with E-state index in [4.69, 9.17) is 0 Å². The lowest BCUT2D eigenvalue weighted by Gasteiger charge is -2.37. The van der Waals surface area contributed by atoms with Crippen molar-refractivity contribution in [3.8, 4) is 0 Å². The number of carbonyl (C=O) groups excluding carboxylic acids is 1.